The Hall–Kier alpha value is -1.84. The third kappa shape index (κ3) is 5.55. The number of nitrogens with one attached hydrogen (secondary N) is 1. The first kappa shape index (κ1) is 19.5. The van der Waals surface area contributed by atoms with Gasteiger partial charge in [-0.2, -0.15) is 0 Å². The molecule has 0 atom stereocenters. The van der Waals surface area contributed by atoms with Crippen molar-refractivity contribution in [3.63, 3.8) is 0 Å². The Morgan fingerprint density at radius 1 is 1.11 bits per heavy atom. The van der Waals surface area contributed by atoms with Gasteiger partial charge >= 0.3 is 0 Å². The molecule has 108 valence electrons. The van der Waals surface area contributed by atoms with Gasteiger partial charge in [0.2, 0.25) is 0 Å². The van der Waals surface area contributed by atoms with E-state index in [-0.39, 0.29) is 0 Å². The molecule has 0 saturated carbocycles. The number of fused-ring (bicyclic) bond motifs is 1. The molecule has 0 fully saturated rings. The summed E-state index contributed by atoms with van der Waals surface area (Å²) in [5.74, 6) is 0.334. The van der Waals surface area contributed by atoms with Crippen molar-refractivity contribution in [2.45, 2.75) is 48.5 Å². The molecule has 0 bridgehead atoms. The summed E-state index contributed by atoms with van der Waals surface area (Å²) in [6.07, 6.45) is 0. The van der Waals surface area contributed by atoms with Crippen molar-refractivity contribution >= 4 is 16.9 Å². The van der Waals surface area contributed by atoms with Crippen LogP contribution in [0.3, 0.4) is 0 Å². The lowest BCUT2D eigenvalue weighted by Gasteiger charge is -1.94. The highest BCUT2D eigenvalue weighted by atomic mass is 16.1. The van der Waals surface area contributed by atoms with E-state index < -0.39 is 5.91 Å². The van der Waals surface area contributed by atoms with Crippen LogP contribution in [0, 0.1) is 6.92 Å². The van der Waals surface area contributed by atoms with Crippen LogP contribution in [0.15, 0.2) is 18.2 Å². The second-order valence-corrected chi connectivity index (χ2v) is 2.89. The number of nitrogens with two attached hydrogens (primary N) is 1. The molecule has 2 rings (SSSR count). The van der Waals surface area contributed by atoms with Crippen LogP contribution in [-0.4, -0.2) is 15.9 Å². The SMILES string of the molecule is CC.CC.CC.Cc1nc2c(C(N)=O)cccc2[nH]1. The van der Waals surface area contributed by atoms with Gasteiger partial charge in [-0.25, -0.2) is 4.98 Å². The number of H-pyrrole nitrogens is 1. The summed E-state index contributed by atoms with van der Waals surface area (Å²) in [6.45, 7) is 13.8. The van der Waals surface area contributed by atoms with Gasteiger partial charge in [0.05, 0.1) is 11.1 Å². The minimum absolute atomic E-state index is 0.447. The number of carbonyl (C=O) groups is 1. The highest BCUT2D eigenvalue weighted by Crippen LogP contribution is 2.15. The van der Waals surface area contributed by atoms with Crippen molar-refractivity contribution in [2.75, 3.05) is 0 Å². The second kappa shape index (κ2) is 11.3. The van der Waals surface area contributed by atoms with Crippen LogP contribution in [0.2, 0.25) is 0 Å². The molecule has 1 aromatic heterocycles. The number of primary amides is 1. The van der Waals surface area contributed by atoms with Crippen LogP contribution >= 0.6 is 0 Å². The highest BCUT2D eigenvalue weighted by Gasteiger charge is 2.08. The zero-order chi connectivity index (χ0) is 15.4. The van der Waals surface area contributed by atoms with E-state index in [1.54, 1.807) is 12.1 Å². The topological polar surface area (TPSA) is 71.8 Å². The van der Waals surface area contributed by atoms with Crippen LogP contribution in [0.5, 0.6) is 0 Å². The van der Waals surface area contributed by atoms with Gasteiger partial charge < -0.3 is 10.7 Å². The maximum absolute atomic E-state index is 11.0. The molecule has 4 nitrogen and oxygen atoms in total. The van der Waals surface area contributed by atoms with E-state index in [4.69, 9.17) is 5.73 Å². The van der Waals surface area contributed by atoms with Crippen LogP contribution < -0.4 is 5.73 Å². The number of benzene rings is 1. The minimum atomic E-state index is -0.447. The van der Waals surface area contributed by atoms with Crippen LogP contribution in [0.1, 0.15) is 57.7 Å². The predicted octanol–water partition coefficient (Wildman–Crippen LogP) is 4.05. The molecule has 0 aliphatic heterocycles. The van der Waals surface area contributed by atoms with E-state index in [0.29, 0.717) is 11.1 Å². The van der Waals surface area contributed by atoms with E-state index in [1.807, 2.05) is 54.5 Å². The number of para-hydroxylation sites is 1. The summed E-state index contributed by atoms with van der Waals surface area (Å²) in [5, 5.41) is 0. The standard InChI is InChI=1S/C9H9N3O.3C2H6/c1-5-11-7-4-2-3-6(9(10)13)8(7)12-5;3*1-2/h2-4H,1H3,(H2,10,13)(H,11,12);3*1-2H3. The molecular weight excluding hydrogens is 238 g/mol. The third-order valence-electron chi connectivity index (χ3n) is 1.90. The summed E-state index contributed by atoms with van der Waals surface area (Å²) in [6, 6.07) is 5.31. The first-order valence-electron chi connectivity index (χ1n) is 6.93. The van der Waals surface area contributed by atoms with Gasteiger partial charge in [0.15, 0.2) is 0 Å². The van der Waals surface area contributed by atoms with Gasteiger partial charge in [-0.3, -0.25) is 4.79 Å². The van der Waals surface area contributed by atoms with E-state index in [9.17, 15) is 4.79 Å². The van der Waals surface area contributed by atoms with Crippen molar-refractivity contribution in [3.8, 4) is 0 Å². The second-order valence-electron chi connectivity index (χ2n) is 2.89. The fraction of sp³-hybridized carbons (Fsp3) is 0.467. The molecule has 0 unspecified atom stereocenters. The average Bonchev–Trinajstić information content (AvgIpc) is 2.85. The van der Waals surface area contributed by atoms with Gasteiger partial charge in [-0.05, 0) is 19.1 Å². The minimum Gasteiger partial charge on any atom is -0.366 e. The average molecular weight is 265 g/mol. The number of imidazole rings is 1. The van der Waals surface area contributed by atoms with E-state index in [0.717, 1.165) is 11.3 Å². The monoisotopic (exact) mass is 265 g/mol. The normalized spacial score (nSPS) is 8.16. The van der Waals surface area contributed by atoms with E-state index >= 15 is 0 Å². The lowest BCUT2D eigenvalue weighted by atomic mass is 10.2. The smallest absolute Gasteiger partial charge is 0.250 e. The van der Waals surface area contributed by atoms with Gasteiger partial charge in [0.1, 0.15) is 11.3 Å². The summed E-state index contributed by atoms with van der Waals surface area (Å²) in [7, 11) is 0. The quantitative estimate of drug-likeness (QED) is 0.816. The Balaban J connectivity index is 0. The predicted molar refractivity (Wildman–Crippen MR) is 83.4 cm³/mol. The number of carbonyl (C=O) groups excluding carboxylic acids is 1. The number of hydrogen-bond acceptors (Lipinski definition) is 2. The molecule has 0 aliphatic rings. The van der Waals surface area contributed by atoms with Crippen LogP contribution in [-0.2, 0) is 0 Å². The molecule has 0 radical (unpaired) electrons. The molecule has 19 heavy (non-hydrogen) atoms. The van der Waals surface area contributed by atoms with E-state index in [1.165, 1.54) is 0 Å². The zero-order valence-corrected chi connectivity index (χ0v) is 13.2. The lowest BCUT2D eigenvalue weighted by molar-refractivity contribution is 0.100. The maximum atomic E-state index is 11.0. The highest BCUT2D eigenvalue weighted by molar-refractivity contribution is 6.03. The first-order chi connectivity index (χ1) is 9.18. The largest absolute Gasteiger partial charge is 0.366 e. The molecule has 1 heterocycles. The molecule has 0 spiro atoms. The van der Waals surface area contributed by atoms with Crippen molar-refractivity contribution in [2.24, 2.45) is 5.73 Å². The van der Waals surface area contributed by atoms with Crippen LogP contribution in [0.4, 0.5) is 0 Å². The van der Waals surface area contributed by atoms with Gasteiger partial charge in [-0.1, -0.05) is 47.6 Å². The summed E-state index contributed by atoms with van der Waals surface area (Å²) < 4.78 is 0. The van der Waals surface area contributed by atoms with Crippen molar-refractivity contribution in [1.29, 1.82) is 0 Å². The van der Waals surface area contributed by atoms with Crippen LogP contribution in [0.25, 0.3) is 11.0 Å². The number of hydrogen-bond donors (Lipinski definition) is 2. The molecule has 2 aromatic rings. The van der Waals surface area contributed by atoms with Crippen molar-refractivity contribution in [1.82, 2.24) is 9.97 Å². The number of aromatic amines is 1. The van der Waals surface area contributed by atoms with Gasteiger partial charge in [0.25, 0.3) is 5.91 Å². The Labute approximate surface area is 116 Å². The zero-order valence-electron chi connectivity index (χ0n) is 13.2. The summed E-state index contributed by atoms with van der Waals surface area (Å²) in [4.78, 5) is 18.2. The fourth-order valence-corrected chi connectivity index (χ4v) is 1.35. The number of nitrogens with zero attached hydrogens (tertiary/aromatic N) is 1. The third-order valence-corrected chi connectivity index (χ3v) is 1.90. The molecule has 0 saturated heterocycles. The molecule has 1 amide bonds. The molecule has 1 aromatic carbocycles. The number of aromatic nitrogens is 2. The number of aryl methyl sites for hydroxylation is 1. The molecule has 0 aliphatic carbocycles. The van der Waals surface area contributed by atoms with Gasteiger partial charge in [0, 0.05) is 0 Å². The summed E-state index contributed by atoms with van der Waals surface area (Å²) >= 11 is 0. The first-order valence-corrected chi connectivity index (χ1v) is 6.93. The van der Waals surface area contributed by atoms with Gasteiger partial charge in [-0.15, -0.1) is 0 Å². The fourth-order valence-electron chi connectivity index (χ4n) is 1.35. The Morgan fingerprint density at radius 3 is 2.11 bits per heavy atom. The number of rotatable bonds is 1. The van der Waals surface area contributed by atoms with Crippen molar-refractivity contribution in [3.05, 3.63) is 29.6 Å². The number of amides is 1. The molecular formula is C15H27N3O. The molecule has 3 N–H and O–H groups in total. The molecule has 4 heteroatoms. The Morgan fingerprint density at radius 2 is 1.63 bits per heavy atom. The Bertz CT molecular complexity index is 475. The maximum Gasteiger partial charge on any atom is 0.250 e. The van der Waals surface area contributed by atoms with E-state index in [2.05, 4.69) is 9.97 Å². The van der Waals surface area contributed by atoms with Crippen molar-refractivity contribution < 1.29 is 4.79 Å². The Kier molecular flexibility index (Phi) is 11.6. The lowest BCUT2D eigenvalue weighted by Crippen LogP contribution is -2.11. The summed E-state index contributed by atoms with van der Waals surface area (Å²) in [5.41, 5.74) is 7.14.